The van der Waals surface area contributed by atoms with Crippen LogP contribution in [0.1, 0.15) is 34.8 Å². The fourth-order valence-corrected chi connectivity index (χ4v) is 5.49. The Hall–Kier alpha value is -6.04. The van der Waals surface area contributed by atoms with E-state index in [4.69, 9.17) is 24.3 Å². The monoisotopic (exact) mass is 661 g/mol. The van der Waals surface area contributed by atoms with Crippen LogP contribution in [0.15, 0.2) is 112 Å². The zero-order valence-corrected chi connectivity index (χ0v) is 26.8. The van der Waals surface area contributed by atoms with Crippen LogP contribution in [0.4, 0.5) is 11.4 Å². The van der Waals surface area contributed by atoms with Crippen molar-refractivity contribution < 1.29 is 24.1 Å². The van der Waals surface area contributed by atoms with Crippen molar-refractivity contribution >= 4 is 23.2 Å². The minimum Gasteiger partial charge on any atom is -0.497 e. The first-order chi connectivity index (χ1) is 24.0. The molecule has 14 nitrogen and oxygen atoms in total. The normalized spacial score (nSPS) is 16.4. The van der Waals surface area contributed by atoms with Crippen LogP contribution >= 0.6 is 0 Å². The molecule has 4 aromatic rings. The number of carbonyl (C=O) groups excluding carboxylic acids is 1. The Morgan fingerprint density at radius 3 is 2.45 bits per heavy atom. The van der Waals surface area contributed by atoms with E-state index in [0.29, 0.717) is 54.1 Å². The Morgan fingerprint density at radius 2 is 1.69 bits per heavy atom. The van der Waals surface area contributed by atoms with Crippen molar-refractivity contribution in [3.8, 4) is 11.5 Å². The highest BCUT2D eigenvalue weighted by molar-refractivity contribution is 6.01. The molecule has 1 aliphatic heterocycles. The minimum atomic E-state index is -1.67. The number of rotatable bonds is 16. The van der Waals surface area contributed by atoms with Gasteiger partial charge in [0.25, 0.3) is 5.91 Å². The lowest BCUT2D eigenvalue weighted by molar-refractivity contribution is -0.130. The number of methoxy groups -OCH3 is 1. The molecule has 0 radical (unpaired) electrons. The number of hydrogen-bond acceptors (Lipinski definition) is 9. The molecule has 0 spiro atoms. The van der Waals surface area contributed by atoms with Crippen LogP contribution in [0.3, 0.4) is 0 Å². The molecule has 3 N–H and O–H groups in total. The van der Waals surface area contributed by atoms with E-state index < -0.39 is 17.6 Å². The van der Waals surface area contributed by atoms with Gasteiger partial charge in [0, 0.05) is 58.3 Å². The second-order valence-electron chi connectivity index (χ2n) is 11.0. The number of aliphatic hydroxyl groups is 1. The Kier molecular flexibility index (Phi) is 11.7. The number of benzene rings is 4. The van der Waals surface area contributed by atoms with Crippen LogP contribution in [0.2, 0.25) is 0 Å². The number of aliphatic hydroxyl groups excluding tert-OH is 1. The van der Waals surface area contributed by atoms with Gasteiger partial charge in [-0.2, -0.15) is 0 Å². The molecule has 1 amide bonds. The number of aliphatic imine (C=N–C) groups is 1. The van der Waals surface area contributed by atoms with Crippen molar-refractivity contribution in [3.05, 3.63) is 140 Å². The van der Waals surface area contributed by atoms with Gasteiger partial charge < -0.3 is 19.3 Å². The average molecular weight is 662 g/mol. The number of amides is 1. The summed E-state index contributed by atoms with van der Waals surface area (Å²) in [6.45, 7) is 0.758. The molecule has 49 heavy (non-hydrogen) atoms. The lowest BCUT2D eigenvalue weighted by atomic mass is 9.81. The Morgan fingerprint density at radius 1 is 0.959 bits per heavy atom. The molecule has 0 saturated heterocycles. The van der Waals surface area contributed by atoms with E-state index >= 15 is 0 Å². The molecule has 0 aromatic heterocycles. The van der Waals surface area contributed by atoms with Crippen molar-refractivity contribution in [2.24, 2.45) is 15.2 Å². The SMILES string of the molecule is COc1cccc(CCNNC(=O)[C@@]2(Cc3ccccc3N=[N+]=[N-])N=C(c3ccc(OCCCO)cc3)O[C@H]2c2ccccc2N=[N+]=[N-])c1. The number of ether oxygens (including phenoxy) is 3. The van der Waals surface area contributed by atoms with Crippen molar-refractivity contribution in [1.82, 2.24) is 10.9 Å². The summed E-state index contributed by atoms with van der Waals surface area (Å²) in [6.07, 6.45) is -0.0200. The highest BCUT2D eigenvalue weighted by atomic mass is 16.5. The molecule has 250 valence electrons. The summed E-state index contributed by atoms with van der Waals surface area (Å²) in [5, 5.41) is 16.8. The Labute approximate surface area is 282 Å². The Balaban J connectivity index is 1.56. The van der Waals surface area contributed by atoms with Crippen molar-refractivity contribution in [3.63, 3.8) is 0 Å². The standard InChI is InChI=1S/C35H35N9O5/c1-47-28-10-6-8-24(22-28)18-19-38-42-34(46)35(23-26-9-2-4-12-30(26)40-43-36)32(29-11-3-5-13-31(29)41-44-37)49-33(39-35)25-14-16-27(17-15-25)48-21-7-20-45/h2-6,8-17,22,32,38,45H,7,18-21,23H2,1H3,(H,42,46)/t32-,35-/m0/s1. The first-order valence-electron chi connectivity index (χ1n) is 15.5. The fraction of sp³-hybridized carbons (Fsp3) is 0.257. The number of azide groups is 2. The molecule has 0 unspecified atom stereocenters. The predicted molar refractivity (Wildman–Crippen MR) is 184 cm³/mol. The Bertz CT molecular complexity index is 1890. The zero-order valence-electron chi connectivity index (χ0n) is 26.8. The van der Waals surface area contributed by atoms with Gasteiger partial charge in [0.05, 0.1) is 13.7 Å². The van der Waals surface area contributed by atoms with Gasteiger partial charge in [-0.15, -0.1) is 0 Å². The highest BCUT2D eigenvalue weighted by Crippen LogP contribution is 2.46. The van der Waals surface area contributed by atoms with Gasteiger partial charge in [0.2, 0.25) is 5.90 Å². The molecule has 1 heterocycles. The predicted octanol–water partition coefficient (Wildman–Crippen LogP) is 6.70. The molecule has 0 saturated carbocycles. The average Bonchev–Trinajstić information content (AvgIpc) is 3.52. The maximum atomic E-state index is 14.6. The fourth-order valence-electron chi connectivity index (χ4n) is 5.49. The van der Waals surface area contributed by atoms with Crippen molar-refractivity contribution in [2.45, 2.75) is 30.9 Å². The summed E-state index contributed by atoms with van der Waals surface area (Å²) in [5.41, 5.74) is 26.1. The van der Waals surface area contributed by atoms with E-state index in [1.165, 1.54) is 0 Å². The maximum absolute atomic E-state index is 14.6. The van der Waals surface area contributed by atoms with E-state index in [1.54, 1.807) is 79.9 Å². The molecule has 0 aliphatic carbocycles. The first kappa shape index (κ1) is 34.3. The maximum Gasteiger partial charge on any atom is 0.266 e. The van der Waals surface area contributed by atoms with Gasteiger partial charge in [-0.3, -0.25) is 10.2 Å². The van der Waals surface area contributed by atoms with Crippen molar-refractivity contribution in [1.29, 1.82) is 0 Å². The van der Waals surface area contributed by atoms with Crippen LogP contribution in [-0.4, -0.2) is 49.3 Å². The minimum absolute atomic E-state index is 0.0181. The van der Waals surface area contributed by atoms with Gasteiger partial charge in [-0.1, -0.05) is 70.9 Å². The lowest BCUT2D eigenvalue weighted by Gasteiger charge is -2.31. The summed E-state index contributed by atoms with van der Waals surface area (Å²) < 4.78 is 17.6. The van der Waals surface area contributed by atoms with Crippen LogP contribution in [0.25, 0.3) is 20.9 Å². The number of carbonyl (C=O) groups is 1. The van der Waals surface area contributed by atoms with Crippen LogP contribution in [0.5, 0.6) is 11.5 Å². The molecular weight excluding hydrogens is 626 g/mol. The number of nitrogens with zero attached hydrogens (tertiary/aromatic N) is 7. The zero-order chi connectivity index (χ0) is 34.5. The third-order valence-electron chi connectivity index (χ3n) is 7.88. The van der Waals surface area contributed by atoms with Gasteiger partial charge in [0.15, 0.2) is 11.6 Å². The number of hydrogen-bond donors (Lipinski definition) is 3. The van der Waals surface area contributed by atoms with Crippen LogP contribution in [-0.2, 0) is 22.4 Å². The molecule has 5 rings (SSSR count). The van der Waals surface area contributed by atoms with E-state index in [2.05, 4.69) is 30.9 Å². The second-order valence-corrected chi connectivity index (χ2v) is 11.0. The summed E-state index contributed by atoms with van der Waals surface area (Å²) in [5.74, 6) is 0.980. The third kappa shape index (κ3) is 8.28. The van der Waals surface area contributed by atoms with E-state index in [1.807, 2.05) is 24.3 Å². The molecule has 14 heteroatoms. The lowest BCUT2D eigenvalue weighted by Crippen LogP contribution is -2.54. The molecule has 1 aliphatic rings. The molecule has 0 fully saturated rings. The quantitative estimate of drug-likeness (QED) is 0.0392. The first-order valence-corrected chi connectivity index (χ1v) is 15.5. The van der Waals surface area contributed by atoms with Gasteiger partial charge in [-0.05, 0) is 65.0 Å². The summed E-state index contributed by atoms with van der Waals surface area (Å²) >= 11 is 0. The molecule has 0 bridgehead atoms. The molecular formula is C35H35N9O5. The smallest absolute Gasteiger partial charge is 0.266 e. The number of nitrogens with one attached hydrogen (secondary N) is 2. The van der Waals surface area contributed by atoms with Gasteiger partial charge in [0.1, 0.15) is 11.5 Å². The van der Waals surface area contributed by atoms with E-state index in [0.717, 1.165) is 11.3 Å². The second kappa shape index (κ2) is 16.7. The van der Waals surface area contributed by atoms with E-state index in [9.17, 15) is 15.9 Å². The summed E-state index contributed by atoms with van der Waals surface area (Å²) in [6, 6.07) is 28.4. The highest BCUT2D eigenvalue weighted by Gasteiger charge is 2.54. The summed E-state index contributed by atoms with van der Waals surface area (Å²) in [7, 11) is 1.60. The largest absolute Gasteiger partial charge is 0.497 e. The van der Waals surface area contributed by atoms with Gasteiger partial charge in [-0.25, -0.2) is 10.4 Å². The topological polar surface area (TPSA) is 199 Å². The van der Waals surface area contributed by atoms with E-state index in [-0.39, 0.29) is 24.6 Å². The van der Waals surface area contributed by atoms with Gasteiger partial charge >= 0.3 is 0 Å². The summed E-state index contributed by atoms with van der Waals surface area (Å²) in [4.78, 5) is 25.5. The third-order valence-corrected chi connectivity index (χ3v) is 7.88. The molecule has 4 aromatic carbocycles. The van der Waals surface area contributed by atoms with Crippen molar-refractivity contribution in [2.75, 3.05) is 26.9 Å². The number of hydrazine groups is 1. The molecule has 2 atom stereocenters. The van der Waals surface area contributed by atoms with Crippen LogP contribution in [0, 0.1) is 0 Å². The van der Waals surface area contributed by atoms with Crippen LogP contribution < -0.4 is 20.3 Å².